The molecule has 4 aromatic carbocycles. The average Bonchev–Trinajstić information content (AvgIpc) is 3.48. The van der Waals surface area contributed by atoms with E-state index in [2.05, 4.69) is 109 Å². The third-order valence-corrected chi connectivity index (χ3v) is 8.67. The van der Waals surface area contributed by atoms with E-state index in [1.807, 2.05) is 0 Å². The highest BCUT2D eigenvalue weighted by molar-refractivity contribution is 9.10. The Morgan fingerprint density at radius 1 is 0.757 bits per heavy atom. The summed E-state index contributed by atoms with van der Waals surface area (Å²) in [6.07, 6.45) is 13.2. The van der Waals surface area contributed by atoms with Crippen LogP contribution in [0.4, 0.5) is 0 Å². The molecular formula is C34H27BrO2. The van der Waals surface area contributed by atoms with Crippen LogP contribution in [-0.4, -0.2) is 0 Å². The Labute approximate surface area is 223 Å². The molecule has 182 valence electrons. The Balaban J connectivity index is 1.65. The third kappa shape index (κ3) is 3.37. The van der Waals surface area contributed by atoms with E-state index < -0.39 is 0 Å². The van der Waals surface area contributed by atoms with Crippen molar-refractivity contribution in [3.8, 4) is 11.1 Å². The van der Waals surface area contributed by atoms with Gasteiger partial charge in [-0.2, -0.15) is 0 Å². The van der Waals surface area contributed by atoms with Crippen LogP contribution in [-0.2, 0) is 12.8 Å². The Hall–Kier alpha value is -3.56. The Kier molecular flexibility index (Phi) is 5.37. The molecule has 37 heavy (non-hydrogen) atoms. The van der Waals surface area contributed by atoms with Crippen molar-refractivity contribution < 1.29 is 8.83 Å². The van der Waals surface area contributed by atoms with Gasteiger partial charge in [-0.15, -0.1) is 0 Å². The van der Waals surface area contributed by atoms with E-state index in [9.17, 15) is 0 Å². The maximum absolute atomic E-state index is 6.51. The van der Waals surface area contributed by atoms with Gasteiger partial charge >= 0.3 is 0 Å². The van der Waals surface area contributed by atoms with Gasteiger partial charge in [0, 0.05) is 32.6 Å². The molecule has 0 spiro atoms. The molecular weight excluding hydrogens is 520 g/mol. The molecule has 0 amide bonds. The van der Waals surface area contributed by atoms with Gasteiger partial charge in [-0.1, -0.05) is 60.7 Å². The van der Waals surface area contributed by atoms with Gasteiger partial charge in [0.15, 0.2) is 0 Å². The molecule has 1 aliphatic rings. The van der Waals surface area contributed by atoms with Crippen LogP contribution in [0.25, 0.3) is 67.0 Å². The summed E-state index contributed by atoms with van der Waals surface area (Å²) in [5.74, 6) is 1.16. The van der Waals surface area contributed by atoms with E-state index in [1.165, 1.54) is 56.1 Å². The summed E-state index contributed by atoms with van der Waals surface area (Å²) >= 11 is 3.92. The van der Waals surface area contributed by atoms with Gasteiger partial charge in [-0.3, -0.25) is 0 Å². The molecule has 0 unspecified atom stereocenters. The molecule has 2 heterocycles. The van der Waals surface area contributed by atoms with Crippen LogP contribution in [0, 0.1) is 0 Å². The highest BCUT2D eigenvalue weighted by atomic mass is 79.9. The average molecular weight is 547 g/mol. The molecule has 0 saturated heterocycles. The summed E-state index contributed by atoms with van der Waals surface area (Å²) in [5, 5.41) is 8.26. The number of aryl methyl sites for hydroxylation is 2. The topological polar surface area (TPSA) is 26.3 Å². The lowest BCUT2D eigenvalue weighted by Gasteiger charge is -2.13. The number of furan rings is 2. The van der Waals surface area contributed by atoms with Crippen LogP contribution in [0.1, 0.15) is 38.0 Å². The van der Waals surface area contributed by atoms with Gasteiger partial charge in [-0.25, -0.2) is 0 Å². The molecule has 0 bridgehead atoms. The Morgan fingerprint density at radius 2 is 1.54 bits per heavy atom. The first kappa shape index (κ1) is 22.6. The second-order valence-electron chi connectivity index (χ2n) is 9.88. The fourth-order valence-corrected chi connectivity index (χ4v) is 6.95. The van der Waals surface area contributed by atoms with Gasteiger partial charge in [-0.05, 0) is 99.6 Å². The fourth-order valence-electron chi connectivity index (χ4n) is 6.16. The molecule has 0 N–H and O–H groups in total. The summed E-state index contributed by atoms with van der Waals surface area (Å²) in [6, 6.07) is 19.5. The van der Waals surface area contributed by atoms with Crippen molar-refractivity contribution in [3.63, 3.8) is 0 Å². The first-order chi connectivity index (χ1) is 18.2. The highest BCUT2D eigenvalue weighted by Gasteiger charge is 2.22. The number of hydrogen-bond acceptors (Lipinski definition) is 2. The fraction of sp³-hybridized carbons (Fsp3) is 0.176. The lowest BCUT2D eigenvalue weighted by Crippen LogP contribution is -2.28. The lowest BCUT2D eigenvalue weighted by molar-refractivity contribution is 0.506. The number of rotatable bonds is 2. The quantitative estimate of drug-likeness (QED) is 0.216. The smallest absolute Gasteiger partial charge is 0.136 e. The molecule has 2 nitrogen and oxygen atoms in total. The Morgan fingerprint density at radius 3 is 2.38 bits per heavy atom. The van der Waals surface area contributed by atoms with Crippen molar-refractivity contribution in [2.75, 3.05) is 0 Å². The predicted molar refractivity (Wildman–Crippen MR) is 159 cm³/mol. The first-order valence-electron chi connectivity index (χ1n) is 13.1. The van der Waals surface area contributed by atoms with Gasteiger partial charge in [0.05, 0.1) is 0 Å². The normalized spacial score (nSPS) is 15.2. The van der Waals surface area contributed by atoms with Crippen molar-refractivity contribution in [2.45, 2.75) is 39.5 Å². The summed E-state index contributed by atoms with van der Waals surface area (Å²) in [4.78, 5) is 0. The van der Waals surface area contributed by atoms with Crippen molar-refractivity contribution in [2.24, 2.45) is 0 Å². The molecule has 3 heteroatoms. The van der Waals surface area contributed by atoms with Crippen LogP contribution < -0.4 is 10.4 Å². The zero-order valence-corrected chi connectivity index (χ0v) is 22.6. The minimum atomic E-state index is 0.903. The number of hydrogen-bond donors (Lipinski definition) is 0. The van der Waals surface area contributed by atoms with E-state index in [-0.39, 0.29) is 0 Å². The zero-order valence-electron chi connectivity index (χ0n) is 21.0. The van der Waals surface area contributed by atoms with Crippen LogP contribution in [0.5, 0.6) is 0 Å². The van der Waals surface area contributed by atoms with E-state index in [1.54, 1.807) is 0 Å². The number of allylic oxidation sites excluding steroid dienone is 2. The first-order valence-corrected chi connectivity index (χ1v) is 13.9. The second kappa shape index (κ2) is 8.78. The molecule has 0 saturated carbocycles. The molecule has 2 aromatic heterocycles. The zero-order chi connectivity index (χ0) is 25.1. The maximum atomic E-state index is 6.51. The monoisotopic (exact) mass is 546 g/mol. The molecule has 1 aliphatic carbocycles. The van der Waals surface area contributed by atoms with Gasteiger partial charge in [0.25, 0.3) is 0 Å². The molecule has 0 fully saturated rings. The van der Waals surface area contributed by atoms with Crippen LogP contribution >= 0.6 is 15.9 Å². The summed E-state index contributed by atoms with van der Waals surface area (Å²) in [5.41, 5.74) is 6.56. The maximum Gasteiger partial charge on any atom is 0.136 e. The number of fused-ring (bicyclic) bond motifs is 7. The second-order valence-corrected chi connectivity index (χ2v) is 10.7. The van der Waals surface area contributed by atoms with Crippen LogP contribution in [0.15, 0.2) is 80.1 Å². The van der Waals surface area contributed by atoms with E-state index in [0.717, 1.165) is 50.6 Å². The minimum absolute atomic E-state index is 0.903. The Bertz CT molecular complexity index is 2020. The van der Waals surface area contributed by atoms with Crippen molar-refractivity contribution in [3.05, 3.63) is 93.0 Å². The van der Waals surface area contributed by atoms with Crippen molar-refractivity contribution >= 4 is 71.8 Å². The molecule has 7 rings (SSSR count). The predicted octanol–water partition coefficient (Wildman–Crippen LogP) is 8.95. The van der Waals surface area contributed by atoms with E-state index >= 15 is 0 Å². The SMILES string of the molecule is C\C=C/C=c1/c(-c2cccc3oc4cc5c6c(oc5cc4c23)CCCC6)c2ccccc2c(Br)/c1=C/C. The van der Waals surface area contributed by atoms with Crippen molar-refractivity contribution in [1.82, 2.24) is 0 Å². The largest absolute Gasteiger partial charge is 0.461 e. The highest BCUT2D eigenvalue weighted by Crippen LogP contribution is 2.42. The van der Waals surface area contributed by atoms with Gasteiger partial charge in [0.2, 0.25) is 0 Å². The standard InChI is InChI=1S/C34H27BrO2/c1-3-5-11-22-20(4-2)34(35)24-14-7-6-13-23(24)32(22)25-15-10-17-29-33(25)27-19-30-26(18-31(27)37-29)21-12-8-9-16-28(21)36-30/h3-7,10-11,13-15,17-19H,8-9,12,16H2,1-2H3/b5-3-,20-4+,22-11+. The molecule has 0 aliphatic heterocycles. The van der Waals surface area contributed by atoms with Crippen molar-refractivity contribution in [1.29, 1.82) is 0 Å². The van der Waals surface area contributed by atoms with E-state index in [0.29, 0.717) is 0 Å². The number of benzene rings is 4. The summed E-state index contributed by atoms with van der Waals surface area (Å²) < 4.78 is 14.0. The molecule has 0 radical (unpaired) electrons. The third-order valence-electron chi connectivity index (χ3n) is 7.81. The summed E-state index contributed by atoms with van der Waals surface area (Å²) in [7, 11) is 0. The van der Waals surface area contributed by atoms with Gasteiger partial charge < -0.3 is 8.83 Å². The lowest BCUT2D eigenvalue weighted by atomic mass is 9.91. The van der Waals surface area contributed by atoms with Crippen LogP contribution in [0.3, 0.4) is 0 Å². The molecule has 0 atom stereocenters. The van der Waals surface area contributed by atoms with Crippen LogP contribution in [0.2, 0.25) is 0 Å². The number of halogens is 1. The summed E-state index contributed by atoms with van der Waals surface area (Å²) in [6.45, 7) is 4.16. The minimum Gasteiger partial charge on any atom is -0.461 e. The van der Waals surface area contributed by atoms with Gasteiger partial charge in [0.1, 0.15) is 22.5 Å². The van der Waals surface area contributed by atoms with E-state index in [4.69, 9.17) is 8.83 Å². The molecule has 6 aromatic rings.